The normalized spacial score (nSPS) is 12.7. The summed E-state index contributed by atoms with van der Waals surface area (Å²) < 4.78 is 25.1. The molecule has 3 nitrogen and oxygen atoms in total. The number of sulfonamides is 1. The van der Waals surface area contributed by atoms with Crippen LogP contribution in [0.2, 0.25) is 0 Å². The Kier molecular flexibility index (Phi) is 4.33. The minimum absolute atomic E-state index is 0.118. The fourth-order valence-corrected chi connectivity index (χ4v) is 2.01. The van der Waals surface area contributed by atoms with E-state index in [0.29, 0.717) is 6.54 Å². The Bertz CT molecular complexity index is 455. The van der Waals surface area contributed by atoms with Crippen molar-refractivity contribution in [2.75, 3.05) is 5.75 Å². The molecule has 17 heavy (non-hydrogen) atoms. The maximum Gasteiger partial charge on any atom is 0.211 e. The summed E-state index contributed by atoms with van der Waals surface area (Å²) in [6.07, 6.45) is 0. The van der Waals surface area contributed by atoms with E-state index in [1.165, 1.54) is 5.56 Å². The molecule has 4 heteroatoms. The minimum atomic E-state index is -3.11. The Labute approximate surface area is 104 Å². The maximum absolute atomic E-state index is 11.3. The Hall–Kier alpha value is -0.870. The van der Waals surface area contributed by atoms with E-state index in [4.69, 9.17) is 0 Å². The van der Waals surface area contributed by atoms with Gasteiger partial charge in [0.15, 0.2) is 0 Å². The number of hydrogen-bond acceptors (Lipinski definition) is 2. The van der Waals surface area contributed by atoms with E-state index in [0.717, 1.165) is 5.56 Å². The van der Waals surface area contributed by atoms with E-state index in [1.54, 1.807) is 6.92 Å². The van der Waals surface area contributed by atoms with E-state index >= 15 is 0 Å². The van der Waals surface area contributed by atoms with Crippen LogP contribution in [0, 0.1) is 0 Å². The maximum atomic E-state index is 11.3. The van der Waals surface area contributed by atoms with Gasteiger partial charge in [0.05, 0.1) is 5.75 Å². The van der Waals surface area contributed by atoms with Gasteiger partial charge in [-0.25, -0.2) is 13.1 Å². The van der Waals surface area contributed by atoms with Gasteiger partial charge in [-0.2, -0.15) is 0 Å². The van der Waals surface area contributed by atoms with E-state index in [1.807, 2.05) is 12.1 Å². The number of rotatable bonds is 4. The molecule has 0 amide bonds. The molecule has 0 aromatic heterocycles. The summed E-state index contributed by atoms with van der Waals surface area (Å²) in [5.74, 6) is 0.118. The monoisotopic (exact) mass is 255 g/mol. The Morgan fingerprint density at radius 2 is 1.65 bits per heavy atom. The summed E-state index contributed by atoms with van der Waals surface area (Å²) in [6.45, 7) is 8.46. The first-order chi connectivity index (χ1) is 7.74. The van der Waals surface area contributed by atoms with Crippen LogP contribution in [-0.2, 0) is 22.0 Å². The van der Waals surface area contributed by atoms with Crippen LogP contribution in [0.4, 0.5) is 0 Å². The number of hydrogen-bond donors (Lipinski definition) is 1. The van der Waals surface area contributed by atoms with Crippen LogP contribution in [-0.4, -0.2) is 14.2 Å². The van der Waals surface area contributed by atoms with Crippen molar-refractivity contribution in [1.29, 1.82) is 0 Å². The quantitative estimate of drug-likeness (QED) is 0.898. The molecule has 0 saturated carbocycles. The molecule has 96 valence electrons. The van der Waals surface area contributed by atoms with Crippen molar-refractivity contribution in [2.24, 2.45) is 0 Å². The summed E-state index contributed by atoms with van der Waals surface area (Å²) in [4.78, 5) is 0. The van der Waals surface area contributed by atoms with Crippen LogP contribution >= 0.6 is 0 Å². The van der Waals surface area contributed by atoms with Crippen molar-refractivity contribution < 1.29 is 8.42 Å². The second-order valence-electron chi connectivity index (χ2n) is 5.17. The van der Waals surface area contributed by atoms with Crippen molar-refractivity contribution in [3.8, 4) is 0 Å². The van der Waals surface area contributed by atoms with Crippen molar-refractivity contribution in [2.45, 2.75) is 39.7 Å². The summed E-state index contributed by atoms with van der Waals surface area (Å²) in [5, 5.41) is 0. The first-order valence-corrected chi connectivity index (χ1v) is 7.46. The van der Waals surface area contributed by atoms with Crippen molar-refractivity contribution >= 4 is 10.0 Å². The first-order valence-electron chi connectivity index (χ1n) is 5.81. The fraction of sp³-hybridized carbons (Fsp3) is 0.538. The predicted octanol–water partition coefficient (Wildman–Crippen LogP) is 2.42. The molecular formula is C13H21NO2S. The average Bonchev–Trinajstić information content (AvgIpc) is 2.26. The smallest absolute Gasteiger partial charge is 0.211 e. The molecule has 0 unspecified atom stereocenters. The topological polar surface area (TPSA) is 46.2 Å². The van der Waals surface area contributed by atoms with Crippen LogP contribution < -0.4 is 4.72 Å². The third kappa shape index (κ3) is 4.48. The lowest BCUT2D eigenvalue weighted by Gasteiger charge is -2.19. The lowest BCUT2D eigenvalue weighted by molar-refractivity contribution is 0.581. The highest BCUT2D eigenvalue weighted by Gasteiger charge is 2.13. The standard InChI is InChI=1S/C13H21NO2S/c1-5-17(15,16)14-10-11-6-8-12(9-7-11)13(2,3)4/h6-9,14H,5,10H2,1-4H3. The number of nitrogens with one attached hydrogen (secondary N) is 1. The predicted molar refractivity (Wildman–Crippen MR) is 71.4 cm³/mol. The lowest BCUT2D eigenvalue weighted by Crippen LogP contribution is -2.24. The molecule has 0 heterocycles. The SMILES string of the molecule is CCS(=O)(=O)NCc1ccc(C(C)(C)C)cc1. The van der Waals surface area contributed by atoms with Gasteiger partial charge in [0.25, 0.3) is 0 Å². The molecule has 0 spiro atoms. The molecule has 1 rings (SSSR count). The highest BCUT2D eigenvalue weighted by Crippen LogP contribution is 2.22. The largest absolute Gasteiger partial charge is 0.212 e. The third-order valence-electron chi connectivity index (χ3n) is 2.70. The first kappa shape index (κ1) is 14.2. The number of benzene rings is 1. The van der Waals surface area contributed by atoms with E-state index in [9.17, 15) is 8.42 Å². The highest BCUT2D eigenvalue weighted by atomic mass is 32.2. The van der Waals surface area contributed by atoms with Gasteiger partial charge >= 0.3 is 0 Å². The molecule has 0 aliphatic heterocycles. The molecule has 0 aliphatic carbocycles. The second kappa shape index (κ2) is 5.19. The van der Waals surface area contributed by atoms with Gasteiger partial charge in [-0.3, -0.25) is 0 Å². The van der Waals surface area contributed by atoms with Gasteiger partial charge in [0.2, 0.25) is 10.0 Å². The minimum Gasteiger partial charge on any atom is -0.212 e. The summed E-state index contributed by atoms with van der Waals surface area (Å²) in [6, 6.07) is 8.04. The molecule has 0 radical (unpaired) electrons. The molecule has 0 atom stereocenters. The van der Waals surface area contributed by atoms with Crippen LogP contribution in [0.5, 0.6) is 0 Å². The van der Waals surface area contributed by atoms with Gasteiger partial charge in [-0.1, -0.05) is 45.0 Å². The second-order valence-corrected chi connectivity index (χ2v) is 7.27. The van der Waals surface area contributed by atoms with E-state index < -0.39 is 10.0 Å². The zero-order valence-corrected chi connectivity index (χ0v) is 11.8. The summed E-state index contributed by atoms with van der Waals surface area (Å²) >= 11 is 0. The zero-order chi connectivity index (χ0) is 13.1. The molecule has 1 aromatic carbocycles. The summed E-state index contributed by atoms with van der Waals surface area (Å²) in [5.41, 5.74) is 2.36. The molecule has 0 saturated heterocycles. The Balaban J connectivity index is 2.70. The molecule has 0 fully saturated rings. The molecular weight excluding hydrogens is 234 g/mol. The third-order valence-corrected chi connectivity index (χ3v) is 4.04. The lowest BCUT2D eigenvalue weighted by atomic mass is 9.87. The van der Waals surface area contributed by atoms with E-state index in [-0.39, 0.29) is 11.2 Å². The van der Waals surface area contributed by atoms with Gasteiger partial charge in [-0.15, -0.1) is 0 Å². The van der Waals surface area contributed by atoms with Crippen molar-refractivity contribution in [1.82, 2.24) is 4.72 Å². The Morgan fingerprint density at radius 3 is 2.06 bits per heavy atom. The fourth-order valence-electron chi connectivity index (χ4n) is 1.42. The molecule has 1 aromatic rings. The van der Waals surface area contributed by atoms with Crippen molar-refractivity contribution in [3.05, 3.63) is 35.4 Å². The van der Waals surface area contributed by atoms with Crippen molar-refractivity contribution in [3.63, 3.8) is 0 Å². The highest BCUT2D eigenvalue weighted by molar-refractivity contribution is 7.89. The van der Waals surface area contributed by atoms with E-state index in [2.05, 4.69) is 37.6 Å². The van der Waals surface area contributed by atoms with Crippen LogP contribution in [0.15, 0.2) is 24.3 Å². The van der Waals surface area contributed by atoms with Crippen LogP contribution in [0.3, 0.4) is 0 Å². The van der Waals surface area contributed by atoms with Gasteiger partial charge in [-0.05, 0) is 23.5 Å². The average molecular weight is 255 g/mol. The zero-order valence-electron chi connectivity index (χ0n) is 10.9. The van der Waals surface area contributed by atoms with Gasteiger partial charge in [0.1, 0.15) is 0 Å². The summed E-state index contributed by atoms with van der Waals surface area (Å²) in [7, 11) is -3.11. The molecule has 1 N–H and O–H groups in total. The van der Waals surface area contributed by atoms with Gasteiger partial charge < -0.3 is 0 Å². The Morgan fingerprint density at radius 1 is 1.12 bits per heavy atom. The molecule has 0 bridgehead atoms. The molecule has 0 aliphatic rings. The van der Waals surface area contributed by atoms with Gasteiger partial charge in [0, 0.05) is 6.54 Å². The van der Waals surface area contributed by atoms with Crippen LogP contribution in [0.1, 0.15) is 38.8 Å². The van der Waals surface area contributed by atoms with Crippen LogP contribution in [0.25, 0.3) is 0 Å².